The summed E-state index contributed by atoms with van der Waals surface area (Å²) in [5.41, 5.74) is 0. The molecule has 0 atom stereocenters. The third kappa shape index (κ3) is 3.60. The molecule has 0 N–H and O–H groups in total. The highest BCUT2D eigenvalue weighted by Gasteiger charge is 2.73. The molecule has 0 unspecified atom stereocenters. The van der Waals surface area contributed by atoms with Crippen molar-refractivity contribution in [1.82, 2.24) is 0 Å². The molecule has 0 fully saturated rings. The van der Waals surface area contributed by atoms with Gasteiger partial charge >= 0.3 is 24.0 Å². The number of allylic oxidation sites excluding steroid dienone is 1. The van der Waals surface area contributed by atoms with E-state index < -0.39 is 30.6 Å². The van der Waals surface area contributed by atoms with Crippen LogP contribution in [-0.2, 0) is 9.53 Å². The Balaban J connectivity index is 4.74. The fraction of sp³-hybridized carbons (Fsp3) is 0.625. The number of ether oxygens (including phenoxy) is 1. The van der Waals surface area contributed by atoms with Crippen molar-refractivity contribution in [2.45, 2.75) is 24.9 Å². The Bertz CT molecular complexity index is 305. The summed E-state index contributed by atoms with van der Waals surface area (Å²) in [5, 5.41) is 0. The van der Waals surface area contributed by atoms with Gasteiger partial charge in [-0.1, -0.05) is 6.08 Å². The van der Waals surface area contributed by atoms with Crippen LogP contribution in [-0.4, -0.2) is 30.6 Å². The quantitative estimate of drug-likeness (QED) is 0.445. The Kier molecular flexibility index (Phi) is 4.55. The van der Waals surface area contributed by atoms with Gasteiger partial charge in [0, 0.05) is 6.08 Å². The Morgan fingerprint density at radius 1 is 1.12 bits per heavy atom. The van der Waals surface area contributed by atoms with Gasteiger partial charge in [0.2, 0.25) is 0 Å². The van der Waals surface area contributed by atoms with E-state index in [0.717, 1.165) is 6.08 Å². The lowest BCUT2D eigenvalue weighted by Crippen LogP contribution is -2.54. The van der Waals surface area contributed by atoms with Crippen LogP contribution in [0.3, 0.4) is 0 Å². The van der Waals surface area contributed by atoms with E-state index >= 15 is 0 Å². The average Bonchev–Trinajstić information content (AvgIpc) is 2.13. The Morgan fingerprint density at radius 2 is 1.59 bits per heavy atom. The molecule has 0 saturated heterocycles. The molecule has 0 heterocycles. The van der Waals surface area contributed by atoms with E-state index in [-0.39, 0.29) is 0 Å². The molecule has 0 spiro atoms. The maximum Gasteiger partial charge on any atom is 0.460 e. The van der Waals surface area contributed by atoms with Crippen LogP contribution in [0.1, 0.15) is 6.92 Å². The summed E-state index contributed by atoms with van der Waals surface area (Å²) in [6.45, 7) is -1.06. The van der Waals surface area contributed by atoms with Crippen LogP contribution in [0.15, 0.2) is 12.2 Å². The number of alkyl halides is 7. The van der Waals surface area contributed by atoms with Crippen molar-refractivity contribution in [3.05, 3.63) is 12.2 Å². The van der Waals surface area contributed by atoms with Crippen LogP contribution in [0.2, 0.25) is 0 Å². The van der Waals surface area contributed by atoms with E-state index in [1.807, 2.05) is 0 Å². The highest BCUT2D eigenvalue weighted by atomic mass is 19.4. The van der Waals surface area contributed by atoms with Gasteiger partial charge in [0.25, 0.3) is 0 Å². The summed E-state index contributed by atoms with van der Waals surface area (Å²) in [5.74, 6) is -13.2. The molecular formula is C8H7F7O2. The van der Waals surface area contributed by atoms with Crippen molar-refractivity contribution >= 4 is 5.97 Å². The first-order valence-corrected chi connectivity index (χ1v) is 4.07. The zero-order chi connectivity index (χ0) is 13.9. The van der Waals surface area contributed by atoms with Crippen LogP contribution in [0.5, 0.6) is 0 Å². The van der Waals surface area contributed by atoms with Crippen molar-refractivity contribution in [3.8, 4) is 0 Å². The Morgan fingerprint density at radius 3 is 1.94 bits per heavy atom. The highest BCUT2D eigenvalue weighted by molar-refractivity contribution is 5.81. The minimum absolute atomic E-state index is 0.599. The summed E-state index contributed by atoms with van der Waals surface area (Å²) < 4.78 is 88.0. The highest BCUT2D eigenvalue weighted by Crippen LogP contribution is 2.46. The molecule has 0 aromatic heterocycles. The van der Waals surface area contributed by atoms with E-state index in [1.165, 1.54) is 6.92 Å². The number of halogens is 7. The third-order valence-electron chi connectivity index (χ3n) is 1.51. The summed E-state index contributed by atoms with van der Waals surface area (Å²) in [4.78, 5) is 10.5. The lowest BCUT2D eigenvalue weighted by molar-refractivity contribution is -0.359. The topological polar surface area (TPSA) is 26.3 Å². The molecule has 0 bridgehead atoms. The molecule has 17 heavy (non-hydrogen) atoms. The molecule has 0 aromatic carbocycles. The average molecular weight is 268 g/mol. The minimum Gasteiger partial charge on any atom is -0.456 e. The molecule has 0 aliphatic heterocycles. The van der Waals surface area contributed by atoms with Crippen molar-refractivity contribution < 1.29 is 40.3 Å². The third-order valence-corrected chi connectivity index (χ3v) is 1.51. The van der Waals surface area contributed by atoms with Crippen LogP contribution in [0.4, 0.5) is 30.7 Å². The van der Waals surface area contributed by atoms with Gasteiger partial charge in [0.1, 0.15) is 0 Å². The molecule has 9 heteroatoms. The summed E-state index contributed by atoms with van der Waals surface area (Å²) in [6, 6.07) is 0. The van der Waals surface area contributed by atoms with Crippen molar-refractivity contribution in [3.63, 3.8) is 0 Å². The van der Waals surface area contributed by atoms with E-state index in [4.69, 9.17) is 0 Å². The first-order chi connectivity index (χ1) is 7.45. The Hall–Kier alpha value is -1.28. The summed E-state index contributed by atoms with van der Waals surface area (Å²) in [6.07, 6.45) is -4.78. The van der Waals surface area contributed by atoms with Gasteiger partial charge in [-0.3, -0.25) is 0 Å². The van der Waals surface area contributed by atoms with Crippen molar-refractivity contribution in [2.24, 2.45) is 0 Å². The molecule has 0 aromatic rings. The zero-order valence-corrected chi connectivity index (χ0v) is 8.32. The first-order valence-electron chi connectivity index (χ1n) is 4.07. The number of carbonyl (C=O) groups excluding carboxylic acids is 1. The number of esters is 1. The van der Waals surface area contributed by atoms with Crippen LogP contribution in [0.25, 0.3) is 0 Å². The Labute approximate surface area is 91.0 Å². The molecular weight excluding hydrogens is 261 g/mol. The number of hydrogen-bond donors (Lipinski definition) is 0. The van der Waals surface area contributed by atoms with Gasteiger partial charge in [-0.15, -0.1) is 0 Å². The molecule has 0 saturated carbocycles. The smallest absolute Gasteiger partial charge is 0.456 e. The molecule has 0 aliphatic rings. The second-order valence-electron chi connectivity index (χ2n) is 2.88. The zero-order valence-electron chi connectivity index (χ0n) is 8.32. The second-order valence-corrected chi connectivity index (χ2v) is 2.88. The van der Waals surface area contributed by atoms with Gasteiger partial charge in [0.15, 0.2) is 6.61 Å². The number of rotatable bonds is 4. The van der Waals surface area contributed by atoms with E-state index in [1.54, 1.807) is 0 Å². The molecule has 0 rings (SSSR count). The van der Waals surface area contributed by atoms with E-state index in [9.17, 15) is 35.5 Å². The monoisotopic (exact) mass is 268 g/mol. The van der Waals surface area contributed by atoms with Crippen LogP contribution in [0, 0.1) is 0 Å². The number of carbonyl (C=O) groups is 1. The normalized spacial score (nSPS) is 14.1. The van der Waals surface area contributed by atoms with Crippen LogP contribution >= 0.6 is 0 Å². The number of hydrogen-bond acceptors (Lipinski definition) is 2. The maximum atomic E-state index is 12.5. The molecule has 0 amide bonds. The van der Waals surface area contributed by atoms with E-state index in [0.29, 0.717) is 6.08 Å². The molecule has 0 radical (unpaired) electrons. The van der Waals surface area contributed by atoms with Gasteiger partial charge in [-0.2, -0.15) is 30.7 Å². The van der Waals surface area contributed by atoms with Gasteiger partial charge in [0.05, 0.1) is 0 Å². The lowest BCUT2D eigenvalue weighted by Gasteiger charge is -2.27. The summed E-state index contributed by atoms with van der Waals surface area (Å²) in [7, 11) is 0. The standard InChI is InChI=1S/C8H7F7O2/c1-2-3-5(16)17-4-6(9,10)7(11,12)8(13,14)15/h2-3H,4H2,1H3/b3-2+. The molecule has 2 nitrogen and oxygen atoms in total. The van der Waals surface area contributed by atoms with Gasteiger partial charge in [-0.25, -0.2) is 4.79 Å². The summed E-state index contributed by atoms with van der Waals surface area (Å²) >= 11 is 0. The largest absolute Gasteiger partial charge is 0.460 e. The molecule has 0 aliphatic carbocycles. The van der Waals surface area contributed by atoms with Gasteiger partial charge in [-0.05, 0) is 6.92 Å². The lowest BCUT2D eigenvalue weighted by atomic mass is 10.2. The van der Waals surface area contributed by atoms with Crippen LogP contribution < -0.4 is 0 Å². The van der Waals surface area contributed by atoms with Gasteiger partial charge < -0.3 is 4.74 Å². The van der Waals surface area contributed by atoms with Crippen molar-refractivity contribution in [1.29, 1.82) is 0 Å². The maximum absolute atomic E-state index is 12.5. The second kappa shape index (κ2) is 4.92. The predicted octanol–water partition coefficient (Wildman–Crippen LogP) is 2.94. The van der Waals surface area contributed by atoms with Crippen molar-refractivity contribution in [2.75, 3.05) is 6.61 Å². The van der Waals surface area contributed by atoms with E-state index in [2.05, 4.69) is 4.74 Å². The molecule has 100 valence electrons. The predicted molar refractivity (Wildman–Crippen MR) is 41.7 cm³/mol. The first kappa shape index (κ1) is 15.7. The fourth-order valence-corrected chi connectivity index (χ4v) is 0.644. The SMILES string of the molecule is C/C=C/C(=O)OCC(F)(F)C(F)(F)C(F)(F)F. The minimum atomic E-state index is -6.43. The fourth-order valence-electron chi connectivity index (χ4n) is 0.644.